The summed E-state index contributed by atoms with van der Waals surface area (Å²) in [6, 6.07) is 6.58. The number of alkyl carbamates (subject to hydrolysis) is 1. The van der Waals surface area contributed by atoms with Gasteiger partial charge >= 0.3 is 6.09 Å². The number of aliphatic hydroxyl groups excluding tert-OH is 4. The van der Waals surface area contributed by atoms with Crippen molar-refractivity contribution in [2.45, 2.75) is 50.2 Å². The predicted octanol–water partition coefficient (Wildman–Crippen LogP) is -2.67. The van der Waals surface area contributed by atoms with E-state index in [0.29, 0.717) is 0 Å². The minimum absolute atomic E-state index is 0.0283. The molecule has 1 aliphatic rings. The smallest absolute Gasteiger partial charge is 0.408 e. The van der Waals surface area contributed by atoms with Crippen molar-refractivity contribution in [3.05, 3.63) is 35.9 Å². The summed E-state index contributed by atoms with van der Waals surface area (Å²) in [5, 5.41) is 45.5. The van der Waals surface area contributed by atoms with Crippen LogP contribution in [0.5, 0.6) is 0 Å². The standard InChI is InChI=1S/C19H27N3O9/c1-10(21-19(29)30-9-11-5-3-2-4-6-11)17(27)20-7-13(24)22-14-16(26)15(25)12(8-23)31-18(14)28/h2-6,10,12,14-16,18,23,25-26,28H,7-9H2,1H3,(H,20,27)(H,21,29)(H,22,24)/t10-,12+,14+,15+,16+,18?/m0/s1. The number of hydrogen-bond acceptors (Lipinski definition) is 9. The third-order valence-corrected chi connectivity index (χ3v) is 4.59. The van der Waals surface area contributed by atoms with Crippen LogP contribution in [-0.4, -0.2) is 88.2 Å². The Kier molecular flexibility index (Phi) is 9.15. The van der Waals surface area contributed by atoms with E-state index in [1.54, 1.807) is 24.3 Å². The third-order valence-electron chi connectivity index (χ3n) is 4.59. The highest BCUT2D eigenvalue weighted by Gasteiger charge is 2.44. The molecule has 3 amide bonds. The number of amides is 3. The van der Waals surface area contributed by atoms with Gasteiger partial charge in [0, 0.05) is 0 Å². The maximum Gasteiger partial charge on any atom is 0.408 e. The van der Waals surface area contributed by atoms with Gasteiger partial charge in [-0.1, -0.05) is 30.3 Å². The van der Waals surface area contributed by atoms with Crippen molar-refractivity contribution in [3.63, 3.8) is 0 Å². The second-order valence-corrected chi connectivity index (χ2v) is 6.97. The molecule has 6 atom stereocenters. The van der Waals surface area contributed by atoms with E-state index < -0.39 is 67.7 Å². The SMILES string of the molecule is C[C@H](NC(=O)OCc1ccccc1)C(=O)NCC(=O)N[C@H]1C(O)O[C@H](CO)[C@@H](O)[C@@H]1O. The van der Waals surface area contributed by atoms with Gasteiger partial charge < -0.3 is 45.9 Å². The van der Waals surface area contributed by atoms with Gasteiger partial charge in [0.05, 0.1) is 13.2 Å². The average molecular weight is 441 g/mol. The summed E-state index contributed by atoms with van der Waals surface area (Å²) < 4.78 is 9.93. The maximum absolute atomic E-state index is 12.1. The van der Waals surface area contributed by atoms with Gasteiger partial charge in [-0.2, -0.15) is 0 Å². The largest absolute Gasteiger partial charge is 0.445 e. The highest BCUT2D eigenvalue weighted by atomic mass is 16.6. The average Bonchev–Trinajstić information content (AvgIpc) is 2.76. The van der Waals surface area contributed by atoms with Gasteiger partial charge in [-0.05, 0) is 12.5 Å². The van der Waals surface area contributed by atoms with Crippen LogP contribution in [0.3, 0.4) is 0 Å². The molecule has 7 N–H and O–H groups in total. The lowest BCUT2D eigenvalue weighted by Gasteiger charge is -2.40. The van der Waals surface area contributed by atoms with Gasteiger partial charge in [0.2, 0.25) is 11.8 Å². The van der Waals surface area contributed by atoms with Crippen molar-refractivity contribution in [1.82, 2.24) is 16.0 Å². The van der Waals surface area contributed by atoms with E-state index >= 15 is 0 Å². The van der Waals surface area contributed by atoms with Crippen molar-refractivity contribution >= 4 is 17.9 Å². The molecule has 0 spiro atoms. The van der Waals surface area contributed by atoms with Gasteiger partial charge in [-0.25, -0.2) is 4.79 Å². The second-order valence-electron chi connectivity index (χ2n) is 6.97. The van der Waals surface area contributed by atoms with E-state index in [4.69, 9.17) is 14.6 Å². The van der Waals surface area contributed by atoms with Crippen LogP contribution >= 0.6 is 0 Å². The Labute approximate surface area is 178 Å². The molecule has 0 saturated carbocycles. The quantitative estimate of drug-likeness (QED) is 0.226. The van der Waals surface area contributed by atoms with E-state index in [9.17, 15) is 29.7 Å². The summed E-state index contributed by atoms with van der Waals surface area (Å²) in [5.74, 6) is -1.46. The number of rotatable bonds is 8. The first kappa shape index (κ1) is 24.5. The number of benzene rings is 1. The molecule has 0 bridgehead atoms. The molecule has 1 aliphatic heterocycles. The van der Waals surface area contributed by atoms with Crippen LogP contribution in [0.25, 0.3) is 0 Å². The molecule has 0 radical (unpaired) electrons. The fourth-order valence-electron chi connectivity index (χ4n) is 2.82. The lowest BCUT2D eigenvalue weighted by atomic mass is 9.97. The van der Waals surface area contributed by atoms with E-state index in [1.807, 2.05) is 6.07 Å². The van der Waals surface area contributed by atoms with Gasteiger partial charge in [0.25, 0.3) is 0 Å². The first-order valence-electron chi connectivity index (χ1n) is 9.57. The molecule has 1 unspecified atom stereocenters. The van der Waals surface area contributed by atoms with Crippen molar-refractivity contribution in [2.24, 2.45) is 0 Å². The lowest BCUT2D eigenvalue weighted by Crippen LogP contribution is -2.64. The van der Waals surface area contributed by atoms with Crippen LogP contribution in [0.15, 0.2) is 30.3 Å². The van der Waals surface area contributed by atoms with Gasteiger partial charge in [-0.15, -0.1) is 0 Å². The van der Waals surface area contributed by atoms with Crippen molar-refractivity contribution in [2.75, 3.05) is 13.2 Å². The van der Waals surface area contributed by atoms with E-state index in [1.165, 1.54) is 6.92 Å². The monoisotopic (exact) mass is 441 g/mol. The van der Waals surface area contributed by atoms with Crippen molar-refractivity contribution < 1.29 is 44.3 Å². The number of ether oxygens (including phenoxy) is 2. The summed E-state index contributed by atoms with van der Waals surface area (Å²) in [4.78, 5) is 35.9. The van der Waals surface area contributed by atoms with E-state index in [2.05, 4.69) is 16.0 Å². The normalized spacial score (nSPS) is 26.4. The van der Waals surface area contributed by atoms with Crippen molar-refractivity contribution in [3.8, 4) is 0 Å². The number of aliphatic hydroxyl groups is 4. The Balaban J connectivity index is 1.73. The van der Waals surface area contributed by atoms with Crippen molar-refractivity contribution in [1.29, 1.82) is 0 Å². The topological polar surface area (TPSA) is 187 Å². The zero-order valence-electron chi connectivity index (χ0n) is 16.8. The molecule has 31 heavy (non-hydrogen) atoms. The van der Waals surface area contributed by atoms with E-state index in [0.717, 1.165) is 5.56 Å². The molecule has 1 heterocycles. The molecule has 12 nitrogen and oxygen atoms in total. The van der Waals surface area contributed by atoms with Gasteiger partial charge in [0.1, 0.15) is 37.0 Å². The lowest BCUT2D eigenvalue weighted by molar-refractivity contribution is -0.253. The van der Waals surface area contributed by atoms with Gasteiger partial charge in [0.15, 0.2) is 6.29 Å². The Morgan fingerprint density at radius 3 is 2.45 bits per heavy atom. The summed E-state index contributed by atoms with van der Waals surface area (Å²) in [7, 11) is 0. The number of hydrogen-bond donors (Lipinski definition) is 7. The number of carbonyl (C=O) groups excluding carboxylic acids is 3. The van der Waals surface area contributed by atoms with Gasteiger partial charge in [-0.3, -0.25) is 9.59 Å². The Morgan fingerprint density at radius 1 is 1.13 bits per heavy atom. The summed E-state index contributed by atoms with van der Waals surface area (Å²) >= 11 is 0. The highest BCUT2D eigenvalue weighted by molar-refractivity contribution is 5.89. The summed E-state index contributed by atoms with van der Waals surface area (Å²) in [6.45, 7) is 0.259. The first-order chi connectivity index (χ1) is 14.7. The summed E-state index contributed by atoms with van der Waals surface area (Å²) in [5.41, 5.74) is 0.776. The fraction of sp³-hybridized carbons (Fsp3) is 0.526. The highest BCUT2D eigenvalue weighted by Crippen LogP contribution is 2.19. The molecule has 1 saturated heterocycles. The fourth-order valence-corrected chi connectivity index (χ4v) is 2.82. The van der Waals surface area contributed by atoms with Crippen LogP contribution in [0.1, 0.15) is 12.5 Å². The Bertz CT molecular complexity index is 748. The zero-order valence-corrected chi connectivity index (χ0v) is 16.8. The van der Waals surface area contributed by atoms with Crippen LogP contribution in [-0.2, 0) is 25.7 Å². The maximum atomic E-state index is 12.1. The Hall–Kier alpha value is -2.77. The first-order valence-corrected chi connectivity index (χ1v) is 9.57. The molecular weight excluding hydrogens is 414 g/mol. The number of carbonyl (C=O) groups is 3. The van der Waals surface area contributed by atoms with Crippen LogP contribution < -0.4 is 16.0 Å². The molecule has 2 rings (SSSR count). The summed E-state index contributed by atoms with van der Waals surface area (Å²) in [6.07, 6.45) is -6.81. The van der Waals surface area contributed by atoms with Crippen LogP contribution in [0.4, 0.5) is 4.79 Å². The minimum Gasteiger partial charge on any atom is -0.445 e. The molecule has 1 fully saturated rings. The molecule has 172 valence electrons. The second kappa shape index (κ2) is 11.6. The Morgan fingerprint density at radius 2 is 1.81 bits per heavy atom. The van der Waals surface area contributed by atoms with Crippen LogP contribution in [0, 0.1) is 0 Å². The molecule has 1 aromatic rings. The zero-order chi connectivity index (χ0) is 23.0. The number of nitrogens with one attached hydrogen (secondary N) is 3. The van der Waals surface area contributed by atoms with Crippen LogP contribution in [0.2, 0.25) is 0 Å². The van der Waals surface area contributed by atoms with E-state index in [-0.39, 0.29) is 6.61 Å². The minimum atomic E-state index is -1.67. The molecular formula is C19H27N3O9. The predicted molar refractivity (Wildman–Crippen MR) is 104 cm³/mol. The molecule has 0 aliphatic carbocycles. The third kappa shape index (κ3) is 7.15. The molecule has 0 aromatic heterocycles. The molecule has 12 heteroatoms. The molecule has 1 aromatic carbocycles.